The van der Waals surface area contributed by atoms with Crippen molar-refractivity contribution in [3.63, 3.8) is 0 Å². The molecule has 0 fully saturated rings. The molecule has 0 aliphatic carbocycles. The normalized spacial score (nSPS) is 10.8. The summed E-state index contributed by atoms with van der Waals surface area (Å²) in [5.74, 6) is 2.04. The number of aromatic nitrogens is 3. The number of nitriles is 1. The number of aryl methyl sites for hydroxylation is 1. The fourth-order valence-corrected chi connectivity index (χ4v) is 3.50. The summed E-state index contributed by atoms with van der Waals surface area (Å²) in [4.78, 5) is 0. The summed E-state index contributed by atoms with van der Waals surface area (Å²) in [6.07, 6.45) is 0. The maximum Gasteiger partial charge on any atom is 0.196 e. The third-order valence-corrected chi connectivity index (χ3v) is 4.89. The van der Waals surface area contributed by atoms with Crippen LogP contribution in [0.1, 0.15) is 42.3 Å². The minimum absolute atomic E-state index is 0.289. The van der Waals surface area contributed by atoms with E-state index in [2.05, 4.69) is 65.9 Å². The van der Waals surface area contributed by atoms with Crippen LogP contribution in [0.25, 0.3) is 5.69 Å². The minimum atomic E-state index is 0.289. The van der Waals surface area contributed by atoms with Gasteiger partial charge in [0.25, 0.3) is 0 Å². The third kappa shape index (κ3) is 3.92. The van der Waals surface area contributed by atoms with Gasteiger partial charge in [0.2, 0.25) is 0 Å². The van der Waals surface area contributed by atoms with Crippen molar-refractivity contribution in [3.8, 4) is 11.8 Å². The molecular weight excluding hydrogens is 328 g/mol. The van der Waals surface area contributed by atoms with Gasteiger partial charge in [0.1, 0.15) is 5.82 Å². The lowest BCUT2D eigenvalue weighted by atomic mass is 10.2. The van der Waals surface area contributed by atoms with Crippen LogP contribution in [0.2, 0.25) is 0 Å². The summed E-state index contributed by atoms with van der Waals surface area (Å²) in [6.45, 7) is 6.35. The molecule has 0 unspecified atom stereocenters. The predicted octanol–water partition coefficient (Wildman–Crippen LogP) is 4.86. The lowest BCUT2D eigenvalue weighted by molar-refractivity contribution is 0.732. The van der Waals surface area contributed by atoms with E-state index in [0.717, 1.165) is 28.0 Å². The van der Waals surface area contributed by atoms with Crippen LogP contribution in [0, 0.1) is 18.3 Å². The van der Waals surface area contributed by atoms with E-state index in [1.807, 2.05) is 24.3 Å². The number of nitrogens with zero attached hydrogens (tertiary/aromatic N) is 4. The van der Waals surface area contributed by atoms with E-state index in [4.69, 9.17) is 5.26 Å². The highest BCUT2D eigenvalue weighted by Gasteiger charge is 2.17. The first kappa shape index (κ1) is 17.2. The molecule has 0 saturated heterocycles. The van der Waals surface area contributed by atoms with Crippen molar-refractivity contribution in [1.82, 2.24) is 14.8 Å². The molecule has 0 atom stereocenters. The molecule has 0 amide bonds. The van der Waals surface area contributed by atoms with Crippen LogP contribution in [-0.2, 0) is 5.75 Å². The van der Waals surface area contributed by atoms with E-state index >= 15 is 0 Å². The molecule has 0 aliphatic rings. The smallest absolute Gasteiger partial charge is 0.196 e. The Balaban J connectivity index is 1.89. The summed E-state index contributed by atoms with van der Waals surface area (Å²) in [7, 11) is 0. The molecule has 1 aromatic heterocycles. The van der Waals surface area contributed by atoms with E-state index in [1.54, 1.807) is 11.8 Å². The molecule has 0 N–H and O–H groups in total. The Bertz CT molecular complexity index is 904. The maximum absolute atomic E-state index is 8.90. The molecule has 0 spiro atoms. The lowest BCUT2D eigenvalue weighted by Crippen LogP contribution is -2.04. The SMILES string of the molecule is Cc1cccc(-n2c(SCc3ccc(C#N)cc3)nnc2C(C)C)c1. The number of benzene rings is 2. The van der Waals surface area contributed by atoms with Crippen molar-refractivity contribution in [3.05, 3.63) is 71.0 Å². The molecule has 2 aromatic carbocycles. The van der Waals surface area contributed by atoms with Crippen molar-refractivity contribution < 1.29 is 0 Å². The average molecular weight is 348 g/mol. The topological polar surface area (TPSA) is 54.5 Å². The Labute approximate surface area is 152 Å². The van der Waals surface area contributed by atoms with Gasteiger partial charge in [-0.25, -0.2) is 0 Å². The Morgan fingerprint density at radius 3 is 2.52 bits per heavy atom. The van der Waals surface area contributed by atoms with Crippen LogP contribution in [0.15, 0.2) is 53.7 Å². The highest BCUT2D eigenvalue weighted by atomic mass is 32.2. The predicted molar refractivity (Wildman–Crippen MR) is 101 cm³/mol. The average Bonchev–Trinajstić information content (AvgIpc) is 3.04. The molecular formula is C20H20N4S. The van der Waals surface area contributed by atoms with Crippen molar-refractivity contribution in [1.29, 1.82) is 5.26 Å². The maximum atomic E-state index is 8.90. The van der Waals surface area contributed by atoms with E-state index < -0.39 is 0 Å². The van der Waals surface area contributed by atoms with Crippen molar-refractivity contribution >= 4 is 11.8 Å². The van der Waals surface area contributed by atoms with Crippen LogP contribution in [0.4, 0.5) is 0 Å². The van der Waals surface area contributed by atoms with Crippen LogP contribution in [0.3, 0.4) is 0 Å². The van der Waals surface area contributed by atoms with Gasteiger partial charge in [-0.1, -0.05) is 49.9 Å². The van der Waals surface area contributed by atoms with Crippen LogP contribution >= 0.6 is 11.8 Å². The Hall–Kier alpha value is -2.58. The fraction of sp³-hybridized carbons (Fsp3) is 0.250. The molecule has 0 saturated carbocycles. The minimum Gasteiger partial charge on any atom is -0.274 e. The molecule has 1 heterocycles. The molecule has 25 heavy (non-hydrogen) atoms. The van der Waals surface area contributed by atoms with E-state index in [0.29, 0.717) is 5.56 Å². The fourth-order valence-electron chi connectivity index (χ4n) is 2.58. The molecule has 3 rings (SSSR count). The van der Waals surface area contributed by atoms with Gasteiger partial charge in [-0.3, -0.25) is 4.57 Å². The molecule has 0 aliphatic heterocycles. The Kier molecular flexibility index (Phi) is 5.20. The molecule has 4 nitrogen and oxygen atoms in total. The van der Waals surface area contributed by atoms with Gasteiger partial charge in [-0.15, -0.1) is 10.2 Å². The summed E-state index contributed by atoms with van der Waals surface area (Å²) in [5, 5.41) is 18.6. The molecule has 5 heteroatoms. The van der Waals surface area contributed by atoms with Gasteiger partial charge < -0.3 is 0 Å². The number of hydrogen-bond donors (Lipinski definition) is 0. The summed E-state index contributed by atoms with van der Waals surface area (Å²) in [6, 6.07) is 18.2. The summed E-state index contributed by atoms with van der Waals surface area (Å²) in [5.41, 5.74) is 4.15. The number of thioether (sulfide) groups is 1. The van der Waals surface area contributed by atoms with E-state index in [1.165, 1.54) is 5.56 Å². The largest absolute Gasteiger partial charge is 0.274 e. The van der Waals surface area contributed by atoms with Crippen LogP contribution in [0.5, 0.6) is 0 Å². The molecule has 3 aromatic rings. The molecule has 0 radical (unpaired) electrons. The highest BCUT2D eigenvalue weighted by molar-refractivity contribution is 7.98. The second-order valence-electron chi connectivity index (χ2n) is 6.27. The van der Waals surface area contributed by atoms with Gasteiger partial charge in [-0.2, -0.15) is 5.26 Å². The molecule has 126 valence electrons. The second kappa shape index (κ2) is 7.54. The second-order valence-corrected chi connectivity index (χ2v) is 7.21. The monoisotopic (exact) mass is 348 g/mol. The Morgan fingerprint density at radius 1 is 1.12 bits per heavy atom. The van der Waals surface area contributed by atoms with E-state index in [9.17, 15) is 0 Å². The zero-order chi connectivity index (χ0) is 17.8. The van der Waals surface area contributed by atoms with Crippen molar-refractivity contribution in [2.24, 2.45) is 0 Å². The van der Waals surface area contributed by atoms with Gasteiger partial charge in [0.05, 0.1) is 11.6 Å². The number of rotatable bonds is 5. The number of hydrogen-bond acceptors (Lipinski definition) is 4. The highest BCUT2D eigenvalue weighted by Crippen LogP contribution is 2.28. The summed E-state index contributed by atoms with van der Waals surface area (Å²) < 4.78 is 2.14. The first-order valence-electron chi connectivity index (χ1n) is 8.22. The standard InChI is InChI=1S/C20H20N4S/c1-14(2)19-22-23-20(24(19)18-6-4-5-15(3)11-18)25-13-17-9-7-16(12-21)8-10-17/h4-11,14H,13H2,1-3H3. The quantitative estimate of drug-likeness (QED) is 0.618. The zero-order valence-electron chi connectivity index (χ0n) is 14.6. The first-order chi connectivity index (χ1) is 12.1. The summed E-state index contributed by atoms with van der Waals surface area (Å²) >= 11 is 1.66. The molecule has 0 bridgehead atoms. The third-order valence-electron chi connectivity index (χ3n) is 3.89. The van der Waals surface area contributed by atoms with E-state index in [-0.39, 0.29) is 5.92 Å². The van der Waals surface area contributed by atoms with Gasteiger partial charge >= 0.3 is 0 Å². The van der Waals surface area contributed by atoms with Gasteiger partial charge in [0.15, 0.2) is 5.16 Å². The first-order valence-corrected chi connectivity index (χ1v) is 9.21. The van der Waals surface area contributed by atoms with Gasteiger partial charge in [0, 0.05) is 17.4 Å². The van der Waals surface area contributed by atoms with Crippen LogP contribution in [-0.4, -0.2) is 14.8 Å². The van der Waals surface area contributed by atoms with Crippen molar-refractivity contribution in [2.75, 3.05) is 0 Å². The lowest BCUT2D eigenvalue weighted by Gasteiger charge is -2.12. The van der Waals surface area contributed by atoms with Gasteiger partial charge in [-0.05, 0) is 42.3 Å². The zero-order valence-corrected chi connectivity index (χ0v) is 15.4. The van der Waals surface area contributed by atoms with Crippen molar-refractivity contribution in [2.45, 2.75) is 37.6 Å². The Morgan fingerprint density at radius 2 is 1.88 bits per heavy atom. The van der Waals surface area contributed by atoms with Crippen LogP contribution < -0.4 is 0 Å².